The smallest absolute Gasteiger partial charge is 0.251 e. The number of rotatable bonds is 4. The summed E-state index contributed by atoms with van der Waals surface area (Å²) in [5, 5.41) is 12.4. The van der Waals surface area contributed by atoms with E-state index in [0.717, 1.165) is 13.1 Å². The molecule has 3 heterocycles. The Balaban J connectivity index is 1.43. The number of carbonyl (C=O) groups excluding carboxylic acids is 1. The molecule has 27 heavy (non-hydrogen) atoms. The molecular formula is C22H23N3O2. The summed E-state index contributed by atoms with van der Waals surface area (Å²) in [6.07, 6.45) is 2.33. The first-order valence-corrected chi connectivity index (χ1v) is 9.47. The van der Waals surface area contributed by atoms with Crippen molar-refractivity contribution in [2.45, 2.75) is 31.8 Å². The first kappa shape index (κ1) is 17.6. The molecular weight excluding hydrogens is 338 g/mol. The number of fused-ring (bicyclic) bond motifs is 3. The first-order chi connectivity index (χ1) is 13.2. The van der Waals surface area contributed by atoms with Crippen molar-refractivity contribution >= 4 is 5.91 Å². The van der Waals surface area contributed by atoms with Crippen LogP contribution in [0, 0.1) is 17.2 Å². The van der Waals surface area contributed by atoms with Crippen LogP contribution < -0.4 is 10.1 Å². The van der Waals surface area contributed by atoms with Crippen LogP contribution in [0.4, 0.5) is 0 Å². The Hall–Kier alpha value is -2.84. The van der Waals surface area contributed by atoms with Gasteiger partial charge in [0.15, 0.2) is 0 Å². The van der Waals surface area contributed by atoms with E-state index >= 15 is 0 Å². The van der Waals surface area contributed by atoms with Crippen LogP contribution in [-0.2, 0) is 0 Å². The summed E-state index contributed by atoms with van der Waals surface area (Å²) >= 11 is 0. The first-order valence-electron chi connectivity index (χ1n) is 9.47. The Morgan fingerprint density at radius 3 is 2.52 bits per heavy atom. The van der Waals surface area contributed by atoms with Gasteiger partial charge >= 0.3 is 0 Å². The average molecular weight is 361 g/mol. The minimum Gasteiger partial charge on any atom is -0.456 e. The van der Waals surface area contributed by atoms with E-state index in [1.54, 1.807) is 42.5 Å². The van der Waals surface area contributed by atoms with Crippen molar-refractivity contribution in [1.82, 2.24) is 10.2 Å². The SMILES string of the molecule is CC1C(NC(=O)c2ccc(Oc3ccccc3C#N)cc2)C2CCN1CC2. The molecule has 0 spiro atoms. The van der Waals surface area contributed by atoms with E-state index in [1.165, 1.54) is 12.8 Å². The lowest BCUT2D eigenvalue weighted by Gasteiger charge is -2.49. The summed E-state index contributed by atoms with van der Waals surface area (Å²) in [5.41, 5.74) is 1.11. The highest BCUT2D eigenvalue weighted by Gasteiger charge is 2.40. The standard InChI is InChI=1S/C22H23N3O2/c1-15-21(16-10-12-25(15)13-11-16)24-22(26)17-6-8-19(9-7-17)27-20-5-3-2-4-18(20)14-23/h2-9,15-16,21H,10-13H2,1H3,(H,24,26). The number of carbonyl (C=O) groups is 1. The largest absolute Gasteiger partial charge is 0.456 e. The number of nitrogens with one attached hydrogen (secondary N) is 1. The van der Waals surface area contributed by atoms with Gasteiger partial charge in [-0.2, -0.15) is 5.26 Å². The lowest BCUT2D eigenvalue weighted by Crippen LogP contribution is -2.62. The highest BCUT2D eigenvalue weighted by Crippen LogP contribution is 2.32. The maximum Gasteiger partial charge on any atom is 0.251 e. The van der Waals surface area contributed by atoms with Gasteiger partial charge in [0.05, 0.1) is 5.56 Å². The molecule has 2 unspecified atom stereocenters. The Labute approximate surface area is 159 Å². The number of para-hydroxylation sites is 1. The summed E-state index contributed by atoms with van der Waals surface area (Å²) in [5.74, 6) is 1.66. The predicted octanol–water partition coefficient (Wildman–Crippen LogP) is 3.56. The van der Waals surface area contributed by atoms with Crippen LogP contribution >= 0.6 is 0 Å². The molecule has 3 fully saturated rings. The molecule has 1 N–H and O–H groups in total. The Morgan fingerprint density at radius 1 is 1.15 bits per heavy atom. The summed E-state index contributed by atoms with van der Waals surface area (Å²) in [4.78, 5) is 15.2. The summed E-state index contributed by atoms with van der Waals surface area (Å²) < 4.78 is 5.78. The second-order valence-corrected chi connectivity index (χ2v) is 7.35. The average Bonchev–Trinajstić information content (AvgIpc) is 2.72. The molecule has 0 radical (unpaired) electrons. The zero-order chi connectivity index (χ0) is 18.8. The van der Waals surface area contributed by atoms with Gasteiger partial charge in [-0.1, -0.05) is 12.1 Å². The molecule has 0 aliphatic carbocycles. The number of hydrogen-bond donors (Lipinski definition) is 1. The van der Waals surface area contributed by atoms with Gasteiger partial charge in [0.25, 0.3) is 5.91 Å². The summed E-state index contributed by atoms with van der Waals surface area (Å²) in [7, 11) is 0. The molecule has 3 saturated heterocycles. The van der Waals surface area contributed by atoms with Gasteiger partial charge < -0.3 is 10.1 Å². The van der Waals surface area contributed by atoms with Gasteiger partial charge in [-0.25, -0.2) is 0 Å². The third-order valence-corrected chi connectivity index (χ3v) is 5.83. The molecule has 0 aromatic heterocycles. The van der Waals surface area contributed by atoms with Crippen molar-refractivity contribution in [3.8, 4) is 17.6 Å². The molecule has 2 aromatic rings. The van der Waals surface area contributed by atoms with Gasteiger partial charge in [-0.05, 0) is 75.2 Å². The summed E-state index contributed by atoms with van der Waals surface area (Å²) in [6, 6.07) is 16.9. The van der Waals surface area contributed by atoms with Crippen LogP contribution in [0.25, 0.3) is 0 Å². The number of ether oxygens (including phenoxy) is 1. The fourth-order valence-electron chi connectivity index (χ4n) is 4.23. The molecule has 5 heteroatoms. The Bertz CT molecular complexity index is 862. The van der Waals surface area contributed by atoms with E-state index in [0.29, 0.717) is 34.6 Å². The lowest BCUT2D eigenvalue weighted by atomic mass is 9.79. The molecule has 5 nitrogen and oxygen atoms in total. The zero-order valence-corrected chi connectivity index (χ0v) is 15.4. The van der Waals surface area contributed by atoms with Crippen LogP contribution in [0.3, 0.4) is 0 Å². The molecule has 2 aromatic carbocycles. The maximum atomic E-state index is 12.7. The third-order valence-electron chi connectivity index (χ3n) is 5.83. The molecule has 0 saturated carbocycles. The second kappa shape index (κ2) is 7.42. The third kappa shape index (κ3) is 3.54. The quantitative estimate of drug-likeness (QED) is 0.904. The van der Waals surface area contributed by atoms with Crippen molar-refractivity contribution in [3.05, 3.63) is 59.7 Å². The molecule has 3 aliphatic rings. The Kier molecular flexibility index (Phi) is 4.83. The van der Waals surface area contributed by atoms with Crippen LogP contribution in [0.2, 0.25) is 0 Å². The van der Waals surface area contributed by atoms with Crippen LogP contribution in [-0.4, -0.2) is 36.0 Å². The highest BCUT2D eigenvalue weighted by molar-refractivity contribution is 5.94. The second-order valence-electron chi connectivity index (χ2n) is 7.35. The monoisotopic (exact) mass is 361 g/mol. The number of amides is 1. The molecule has 2 bridgehead atoms. The van der Waals surface area contributed by atoms with Crippen molar-refractivity contribution in [3.63, 3.8) is 0 Å². The minimum atomic E-state index is -0.0374. The van der Waals surface area contributed by atoms with E-state index in [-0.39, 0.29) is 11.9 Å². The maximum absolute atomic E-state index is 12.7. The number of benzene rings is 2. The van der Waals surface area contributed by atoms with Gasteiger partial charge in [-0.3, -0.25) is 9.69 Å². The van der Waals surface area contributed by atoms with Crippen molar-refractivity contribution in [2.75, 3.05) is 13.1 Å². The number of hydrogen-bond acceptors (Lipinski definition) is 4. The molecule has 138 valence electrons. The van der Waals surface area contributed by atoms with E-state index < -0.39 is 0 Å². The van der Waals surface area contributed by atoms with Gasteiger partial charge in [-0.15, -0.1) is 0 Å². The normalized spacial score (nSPS) is 26.2. The fourth-order valence-corrected chi connectivity index (χ4v) is 4.23. The van der Waals surface area contributed by atoms with Gasteiger partial charge in [0, 0.05) is 17.6 Å². The molecule has 1 amide bonds. The van der Waals surface area contributed by atoms with Crippen molar-refractivity contribution in [2.24, 2.45) is 5.92 Å². The molecule has 3 aliphatic heterocycles. The van der Waals surface area contributed by atoms with E-state index in [2.05, 4.69) is 23.2 Å². The Morgan fingerprint density at radius 2 is 1.85 bits per heavy atom. The van der Waals surface area contributed by atoms with Crippen LogP contribution in [0.1, 0.15) is 35.7 Å². The molecule has 5 rings (SSSR count). The number of nitriles is 1. The fraction of sp³-hybridized carbons (Fsp3) is 0.364. The van der Waals surface area contributed by atoms with E-state index in [1.807, 2.05) is 6.07 Å². The lowest BCUT2D eigenvalue weighted by molar-refractivity contribution is 0.0217. The highest BCUT2D eigenvalue weighted by atomic mass is 16.5. The summed E-state index contributed by atoms with van der Waals surface area (Å²) in [6.45, 7) is 4.50. The number of nitrogens with zero attached hydrogens (tertiary/aromatic N) is 2. The predicted molar refractivity (Wildman–Crippen MR) is 103 cm³/mol. The van der Waals surface area contributed by atoms with E-state index in [4.69, 9.17) is 10.00 Å². The van der Waals surface area contributed by atoms with Crippen molar-refractivity contribution < 1.29 is 9.53 Å². The van der Waals surface area contributed by atoms with E-state index in [9.17, 15) is 4.79 Å². The zero-order valence-electron chi connectivity index (χ0n) is 15.4. The minimum absolute atomic E-state index is 0.0374. The van der Waals surface area contributed by atoms with Crippen LogP contribution in [0.5, 0.6) is 11.5 Å². The molecule has 2 atom stereocenters. The van der Waals surface area contributed by atoms with Gasteiger partial charge in [0.1, 0.15) is 17.6 Å². The van der Waals surface area contributed by atoms with Crippen molar-refractivity contribution in [1.29, 1.82) is 5.26 Å². The number of piperidine rings is 3. The van der Waals surface area contributed by atoms with Crippen LogP contribution in [0.15, 0.2) is 48.5 Å². The topological polar surface area (TPSA) is 65.4 Å². The van der Waals surface area contributed by atoms with Gasteiger partial charge in [0.2, 0.25) is 0 Å².